The lowest BCUT2D eigenvalue weighted by Gasteiger charge is -2.10. The predicted octanol–water partition coefficient (Wildman–Crippen LogP) is 3.85. The lowest BCUT2D eigenvalue weighted by Crippen LogP contribution is -1.96. The van der Waals surface area contributed by atoms with Crippen molar-refractivity contribution in [1.82, 2.24) is 0 Å². The molecular weight excluding hydrogens is 201 g/mol. The van der Waals surface area contributed by atoms with Gasteiger partial charge in [0.2, 0.25) is 0 Å². The summed E-state index contributed by atoms with van der Waals surface area (Å²) in [7, 11) is 0. The van der Waals surface area contributed by atoms with E-state index in [4.69, 9.17) is 0 Å². The summed E-state index contributed by atoms with van der Waals surface area (Å²) in [5, 5.41) is 0.702. The molecule has 2 bridgehead atoms. The zero-order chi connectivity index (χ0) is 10.6. The summed E-state index contributed by atoms with van der Waals surface area (Å²) in [5.74, 6) is -2.77. The third kappa shape index (κ3) is 0.923. The first-order valence-corrected chi connectivity index (χ1v) is 4.47. The van der Waals surface area contributed by atoms with E-state index in [0.29, 0.717) is 10.8 Å². The van der Waals surface area contributed by atoms with Crippen LogP contribution in [0.3, 0.4) is 0 Å². The second kappa shape index (κ2) is 2.63. The molecule has 0 aliphatic carbocycles. The molecular formula is C12H5F3. The Morgan fingerprint density at radius 3 is 2.13 bits per heavy atom. The lowest BCUT2D eigenvalue weighted by molar-refractivity contribution is 0.515. The molecule has 0 unspecified atom stereocenters. The van der Waals surface area contributed by atoms with Crippen LogP contribution in [-0.4, -0.2) is 0 Å². The Morgan fingerprint density at radius 2 is 1.40 bits per heavy atom. The molecule has 4 aromatic rings. The molecule has 4 rings (SSSR count). The summed E-state index contributed by atoms with van der Waals surface area (Å²) >= 11 is 0. The number of rotatable bonds is 0. The van der Waals surface area contributed by atoms with E-state index < -0.39 is 17.5 Å². The molecule has 0 amide bonds. The van der Waals surface area contributed by atoms with Crippen LogP contribution in [0.5, 0.6) is 0 Å². The molecule has 0 saturated carbocycles. The summed E-state index contributed by atoms with van der Waals surface area (Å²) in [4.78, 5) is 0. The monoisotopic (exact) mass is 206 g/mol. The molecule has 0 fully saturated rings. The Kier molecular flexibility index (Phi) is 1.49. The molecule has 0 aliphatic rings. The highest BCUT2D eigenvalue weighted by molar-refractivity contribution is 6.10. The van der Waals surface area contributed by atoms with Gasteiger partial charge in [0.25, 0.3) is 0 Å². The topological polar surface area (TPSA) is 0 Å². The van der Waals surface area contributed by atoms with Crippen molar-refractivity contribution in [3.8, 4) is 0 Å². The average molecular weight is 206 g/mol. The number of halogens is 3. The highest BCUT2D eigenvalue weighted by Gasteiger charge is 2.19. The van der Waals surface area contributed by atoms with Gasteiger partial charge in [-0.25, -0.2) is 13.2 Å². The molecule has 0 spiro atoms. The fraction of sp³-hybridized carbons (Fsp3) is 0. The SMILES string of the molecule is Fc1c(F)c2c(F)cc1c1ccccc21. The third-order valence-corrected chi connectivity index (χ3v) is 2.65. The second-order valence-electron chi connectivity index (χ2n) is 3.45. The van der Waals surface area contributed by atoms with Gasteiger partial charge in [-0.05, 0) is 16.8 Å². The molecule has 0 heterocycles. The van der Waals surface area contributed by atoms with Gasteiger partial charge in [0.05, 0.1) is 5.39 Å². The first kappa shape index (κ1) is 8.53. The van der Waals surface area contributed by atoms with E-state index in [1.54, 1.807) is 24.3 Å². The summed E-state index contributed by atoms with van der Waals surface area (Å²) in [6.45, 7) is 0. The molecule has 0 aromatic heterocycles. The van der Waals surface area contributed by atoms with Crippen LogP contribution in [0.4, 0.5) is 13.2 Å². The van der Waals surface area contributed by atoms with Crippen LogP contribution in [0.2, 0.25) is 0 Å². The van der Waals surface area contributed by atoms with E-state index in [9.17, 15) is 13.2 Å². The van der Waals surface area contributed by atoms with Crippen molar-refractivity contribution < 1.29 is 13.2 Å². The maximum atomic E-state index is 13.4. The number of benzene rings is 4. The number of fused-ring (bicyclic) bond motifs is 2. The summed E-state index contributed by atoms with van der Waals surface area (Å²) in [6, 6.07) is 7.66. The standard InChI is InChI=1S/C12H5F3/c13-9-5-8-6-3-1-2-4-7(6)10(9)12(15)11(8)14/h1-5H. The largest absolute Gasteiger partial charge is 0.206 e. The third-order valence-electron chi connectivity index (χ3n) is 2.65. The molecule has 0 radical (unpaired) electrons. The van der Waals surface area contributed by atoms with Crippen LogP contribution in [0.15, 0.2) is 30.3 Å². The zero-order valence-corrected chi connectivity index (χ0v) is 7.52. The smallest absolute Gasteiger partial charge is 0.170 e. The highest BCUT2D eigenvalue weighted by atomic mass is 19.2. The van der Waals surface area contributed by atoms with E-state index in [-0.39, 0.29) is 10.8 Å². The molecule has 0 N–H and O–H groups in total. The van der Waals surface area contributed by atoms with Gasteiger partial charge in [0.15, 0.2) is 11.6 Å². The Morgan fingerprint density at radius 1 is 0.733 bits per heavy atom. The normalized spacial score (nSPS) is 11.7. The van der Waals surface area contributed by atoms with E-state index in [0.717, 1.165) is 6.07 Å². The van der Waals surface area contributed by atoms with Gasteiger partial charge < -0.3 is 0 Å². The first-order valence-electron chi connectivity index (χ1n) is 4.47. The molecule has 4 aromatic carbocycles. The van der Waals surface area contributed by atoms with Gasteiger partial charge in [-0.1, -0.05) is 24.3 Å². The Labute approximate surface area is 83.3 Å². The van der Waals surface area contributed by atoms with Crippen molar-refractivity contribution in [1.29, 1.82) is 0 Å². The van der Waals surface area contributed by atoms with Crippen molar-refractivity contribution in [3.05, 3.63) is 47.8 Å². The predicted molar refractivity (Wildman–Crippen MR) is 52.5 cm³/mol. The summed E-state index contributed by atoms with van der Waals surface area (Å²) in [5.41, 5.74) is 0. The van der Waals surface area contributed by atoms with Gasteiger partial charge in [-0.3, -0.25) is 0 Å². The van der Waals surface area contributed by atoms with E-state index in [1.165, 1.54) is 0 Å². The number of hydrogen-bond acceptors (Lipinski definition) is 0. The van der Waals surface area contributed by atoms with Crippen LogP contribution in [0, 0.1) is 17.5 Å². The Hall–Kier alpha value is -1.77. The summed E-state index contributed by atoms with van der Waals surface area (Å²) in [6.07, 6.45) is 0. The van der Waals surface area contributed by atoms with Crippen molar-refractivity contribution in [3.63, 3.8) is 0 Å². The molecule has 74 valence electrons. The van der Waals surface area contributed by atoms with E-state index in [1.807, 2.05) is 0 Å². The maximum absolute atomic E-state index is 13.4. The Bertz CT molecular complexity index is 658. The van der Waals surface area contributed by atoms with Gasteiger partial charge in [-0.2, -0.15) is 0 Å². The quantitative estimate of drug-likeness (QED) is 0.490. The number of hydrogen-bond donors (Lipinski definition) is 0. The van der Waals surface area contributed by atoms with Crippen LogP contribution < -0.4 is 0 Å². The first-order chi connectivity index (χ1) is 7.20. The molecule has 0 nitrogen and oxygen atoms in total. The molecule has 0 atom stereocenters. The minimum Gasteiger partial charge on any atom is -0.206 e. The maximum Gasteiger partial charge on any atom is 0.170 e. The van der Waals surface area contributed by atoms with Crippen LogP contribution in [0.1, 0.15) is 0 Å². The fourth-order valence-corrected chi connectivity index (χ4v) is 1.97. The van der Waals surface area contributed by atoms with Gasteiger partial charge in [0, 0.05) is 5.39 Å². The zero-order valence-electron chi connectivity index (χ0n) is 7.52. The van der Waals surface area contributed by atoms with E-state index in [2.05, 4.69) is 0 Å². The lowest BCUT2D eigenvalue weighted by atomic mass is 9.98. The van der Waals surface area contributed by atoms with Crippen LogP contribution >= 0.6 is 0 Å². The highest BCUT2D eigenvalue weighted by Crippen LogP contribution is 2.35. The van der Waals surface area contributed by atoms with Crippen molar-refractivity contribution in [2.45, 2.75) is 0 Å². The summed E-state index contributed by atoms with van der Waals surface area (Å²) < 4.78 is 40.1. The van der Waals surface area contributed by atoms with Gasteiger partial charge in [0.1, 0.15) is 5.82 Å². The Balaban J connectivity index is 2.74. The van der Waals surface area contributed by atoms with Crippen LogP contribution in [0.25, 0.3) is 21.5 Å². The minimum atomic E-state index is -1.09. The van der Waals surface area contributed by atoms with Gasteiger partial charge in [-0.15, -0.1) is 0 Å². The minimum absolute atomic E-state index is 0.00407. The molecule has 0 saturated heterocycles. The molecule has 15 heavy (non-hydrogen) atoms. The fourth-order valence-electron chi connectivity index (χ4n) is 1.97. The van der Waals surface area contributed by atoms with E-state index >= 15 is 0 Å². The van der Waals surface area contributed by atoms with Crippen LogP contribution in [-0.2, 0) is 0 Å². The van der Waals surface area contributed by atoms with Crippen molar-refractivity contribution in [2.24, 2.45) is 0 Å². The van der Waals surface area contributed by atoms with Crippen molar-refractivity contribution >= 4 is 21.5 Å². The van der Waals surface area contributed by atoms with Gasteiger partial charge >= 0.3 is 0 Å². The molecule has 0 aliphatic heterocycles. The molecule has 3 heteroatoms. The van der Waals surface area contributed by atoms with Crippen molar-refractivity contribution in [2.75, 3.05) is 0 Å². The second-order valence-corrected chi connectivity index (χ2v) is 3.45. The average Bonchev–Trinajstić information content (AvgIpc) is 2.24.